The number of anilines is 2. The Morgan fingerprint density at radius 1 is 1.12 bits per heavy atom. The van der Waals surface area contributed by atoms with Crippen LogP contribution in [0.25, 0.3) is 0 Å². The lowest BCUT2D eigenvalue weighted by atomic mass is 10.2. The van der Waals surface area contributed by atoms with E-state index in [1.807, 2.05) is 6.92 Å². The first kappa shape index (κ1) is 18.2. The van der Waals surface area contributed by atoms with Crippen LogP contribution in [0.5, 0.6) is 0 Å². The van der Waals surface area contributed by atoms with Crippen LogP contribution in [-0.4, -0.2) is 24.5 Å². The van der Waals surface area contributed by atoms with Crippen LogP contribution < -0.4 is 10.0 Å². The monoisotopic (exact) mass is 368 g/mol. The number of aromatic nitrogens is 2. The highest BCUT2D eigenvalue weighted by molar-refractivity contribution is 7.92. The van der Waals surface area contributed by atoms with Gasteiger partial charge in [0, 0.05) is 12.1 Å². The molecule has 0 fully saturated rings. The fourth-order valence-electron chi connectivity index (χ4n) is 1.85. The summed E-state index contributed by atoms with van der Waals surface area (Å²) in [5.41, 5.74) is 0.543. The van der Waals surface area contributed by atoms with Crippen LogP contribution in [-0.2, 0) is 14.8 Å². The van der Waals surface area contributed by atoms with E-state index in [0.29, 0.717) is 12.1 Å². The van der Waals surface area contributed by atoms with Gasteiger partial charge in [-0.2, -0.15) is 0 Å². The Morgan fingerprint density at radius 2 is 1.83 bits per heavy atom. The summed E-state index contributed by atoms with van der Waals surface area (Å²) in [7, 11) is -3.79. The predicted octanol–water partition coefficient (Wildman–Crippen LogP) is 3.06. The van der Waals surface area contributed by atoms with Gasteiger partial charge in [0.05, 0.1) is 4.90 Å². The van der Waals surface area contributed by atoms with Crippen LogP contribution in [0.3, 0.4) is 0 Å². The number of amides is 1. The van der Waals surface area contributed by atoms with Crippen LogP contribution >= 0.6 is 11.6 Å². The average molecular weight is 369 g/mol. The zero-order chi connectivity index (χ0) is 17.6. The Labute approximate surface area is 145 Å². The summed E-state index contributed by atoms with van der Waals surface area (Å²) in [6.07, 6.45) is 2.18. The van der Waals surface area contributed by atoms with Crippen LogP contribution in [0.2, 0.25) is 5.15 Å². The van der Waals surface area contributed by atoms with E-state index in [0.717, 1.165) is 12.8 Å². The molecule has 0 aliphatic rings. The highest BCUT2D eigenvalue weighted by Gasteiger charge is 2.15. The predicted molar refractivity (Wildman–Crippen MR) is 92.4 cm³/mol. The summed E-state index contributed by atoms with van der Waals surface area (Å²) in [5.74, 6) is -0.0293. The first-order chi connectivity index (χ1) is 11.4. The molecule has 0 aliphatic heterocycles. The maximum atomic E-state index is 12.3. The molecule has 1 aromatic heterocycles. The third-order valence-corrected chi connectivity index (χ3v) is 4.65. The minimum absolute atomic E-state index is 0.0470. The lowest BCUT2D eigenvalue weighted by molar-refractivity contribution is -0.116. The molecule has 1 amide bonds. The van der Waals surface area contributed by atoms with Crippen LogP contribution in [0, 0.1) is 0 Å². The van der Waals surface area contributed by atoms with Gasteiger partial charge in [0.2, 0.25) is 5.91 Å². The van der Waals surface area contributed by atoms with Crippen molar-refractivity contribution in [2.75, 3.05) is 10.0 Å². The van der Waals surface area contributed by atoms with E-state index in [2.05, 4.69) is 20.2 Å². The summed E-state index contributed by atoms with van der Waals surface area (Å²) in [5, 5.41) is 10.1. The standard InChI is InChI=1S/C15H17ClN4O3S/c1-2-3-4-15(21)17-11-5-7-12(8-6-11)24(22,23)20-14-10-9-13(16)18-19-14/h5-10H,2-4H2,1H3,(H,17,21)(H,19,20). The molecule has 2 aromatic rings. The summed E-state index contributed by atoms with van der Waals surface area (Å²) in [4.78, 5) is 11.7. The molecule has 1 aromatic carbocycles. The number of sulfonamides is 1. The Balaban J connectivity index is 2.05. The fourth-order valence-corrected chi connectivity index (χ4v) is 2.94. The number of unbranched alkanes of at least 4 members (excludes halogenated alkanes) is 1. The highest BCUT2D eigenvalue weighted by Crippen LogP contribution is 2.17. The molecule has 0 atom stereocenters. The van der Waals surface area contributed by atoms with Gasteiger partial charge in [-0.25, -0.2) is 8.42 Å². The van der Waals surface area contributed by atoms with Crippen LogP contribution in [0.4, 0.5) is 11.5 Å². The van der Waals surface area contributed by atoms with Crippen molar-refractivity contribution in [3.8, 4) is 0 Å². The van der Waals surface area contributed by atoms with Crippen molar-refractivity contribution in [3.63, 3.8) is 0 Å². The van der Waals surface area contributed by atoms with Gasteiger partial charge < -0.3 is 5.32 Å². The molecule has 7 nitrogen and oxygen atoms in total. The van der Waals surface area contributed by atoms with Gasteiger partial charge in [-0.3, -0.25) is 9.52 Å². The number of benzene rings is 1. The molecule has 0 aliphatic carbocycles. The Morgan fingerprint density at radius 3 is 2.42 bits per heavy atom. The number of carbonyl (C=O) groups is 1. The zero-order valence-electron chi connectivity index (χ0n) is 13.0. The summed E-state index contributed by atoms with van der Waals surface area (Å²) in [6.45, 7) is 2.00. The number of nitrogens with zero attached hydrogens (tertiary/aromatic N) is 2. The number of hydrogen-bond donors (Lipinski definition) is 2. The molecule has 1 heterocycles. The van der Waals surface area contributed by atoms with Gasteiger partial charge >= 0.3 is 0 Å². The van der Waals surface area contributed by atoms with E-state index >= 15 is 0 Å². The Kier molecular flexibility index (Phi) is 6.10. The molecule has 0 radical (unpaired) electrons. The third kappa shape index (κ3) is 5.17. The number of hydrogen-bond acceptors (Lipinski definition) is 5. The molecule has 2 rings (SSSR count). The second-order valence-electron chi connectivity index (χ2n) is 5.02. The summed E-state index contributed by atoms with van der Waals surface area (Å²) >= 11 is 5.61. The van der Waals surface area contributed by atoms with E-state index in [1.165, 1.54) is 36.4 Å². The largest absolute Gasteiger partial charge is 0.326 e. The van der Waals surface area contributed by atoms with Gasteiger partial charge in [-0.1, -0.05) is 24.9 Å². The van der Waals surface area contributed by atoms with Crippen molar-refractivity contribution in [3.05, 3.63) is 41.6 Å². The summed E-state index contributed by atoms with van der Waals surface area (Å²) < 4.78 is 26.8. The second kappa shape index (κ2) is 8.07. The summed E-state index contributed by atoms with van der Waals surface area (Å²) in [6, 6.07) is 8.72. The first-order valence-corrected chi connectivity index (χ1v) is 9.19. The second-order valence-corrected chi connectivity index (χ2v) is 7.09. The molecular formula is C15H17ClN4O3S. The minimum atomic E-state index is -3.79. The molecule has 24 heavy (non-hydrogen) atoms. The topological polar surface area (TPSA) is 101 Å². The third-order valence-electron chi connectivity index (χ3n) is 3.08. The van der Waals surface area contributed by atoms with Gasteiger partial charge in [0.25, 0.3) is 10.0 Å². The van der Waals surface area contributed by atoms with E-state index in [9.17, 15) is 13.2 Å². The SMILES string of the molecule is CCCCC(=O)Nc1ccc(S(=O)(=O)Nc2ccc(Cl)nn2)cc1. The Hall–Kier alpha value is -2.19. The molecule has 128 valence electrons. The van der Waals surface area contributed by atoms with Crippen molar-refractivity contribution in [2.24, 2.45) is 0 Å². The van der Waals surface area contributed by atoms with Gasteiger partial charge in [-0.15, -0.1) is 10.2 Å². The smallest absolute Gasteiger partial charge is 0.263 e. The maximum Gasteiger partial charge on any atom is 0.263 e. The minimum Gasteiger partial charge on any atom is -0.326 e. The molecule has 0 saturated carbocycles. The van der Waals surface area contributed by atoms with Crippen molar-refractivity contribution < 1.29 is 13.2 Å². The van der Waals surface area contributed by atoms with Crippen molar-refractivity contribution in [2.45, 2.75) is 31.1 Å². The van der Waals surface area contributed by atoms with E-state index in [4.69, 9.17) is 11.6 Å². The first-order valence-electron chi connectivity index (χ1n) is 7.32. The fraction of sp³-hybridized carbons (Fsp3) is 0.267. The van der Waals surface area contributed by atoms with Crippen molar-refractivity contribution >= 4 is 39.0 Å². The number of carbonyl (C=O) groups excluding carboxylic acids is 1. The van der Waals surface area contributed by atoms with E-state index in [1.54, 1.807) is 0 Å². The quantitative estimate of drug-likeness (QED) is 0.782. The Bertz CT molecular complexity index is 792. The molecule has 0 spiro atoms. The van der Waals surface area contributed by atoms with Crippen molar-refractivity contribution in [1.29, 1.82) is 0 Å². The average Bonchev–Trinajstić information content (AvgIpc) is 2.55. The number of halogens is 1. The molecule has 0 unspecified atom stereocenters. The van der Waals surface area contributed by atoms with Gasteiger partial charge in [0.1, 0.15) is 0 Å². The number of nitrogens with one attached hydrogen (secondary N) is 2. The molecule has 0 bridgehead atoms. The van der Waals surface area contributed by atoms with E-state index in [-0.39, 0.29) is 21.8 Å². The molecule has 0 saturated heterocycles. The van der Waals surface area contributed by atoms with Crippen LogP contribution in [0.1, 0.15) is 26.2 Å². The molecule has 2 N–H and O–H groups in total. The lowest BCUT2D eigenvalue weighted by Crippen LogP contribution is -2.15. The van der Waals surface area contributed by atoms with Crippen LogP contribution in [0.15, 0.2) is 41.3 Å². The van der Waals surface area contributed by atoms with E-state index < -0.39 is 10.0 Å². The lowest BCUT2D eigenvalue weighted by Gasteiger charge is -2.08. The van der Waals surface area contributed by atoms with Gasteiger partial charge in [-0.05, 0) is 42.8 Å². The van der Waals surface area contributed by atoms with Gasteiger partial charge in [0.15, 0.2) is 11.0 Å². The highest BCUT2D eigenvalue weighted by atomic mass is 35.5. The molecule has 9 heteroatoms. The normalized spacial score (nSPS) is 11.1. The maximum absolute atomic E-state index is 12.3. The zero-order valence-corrected chi connectivity index (χ0v) is 14.6. The number of rotatable bonds is 7. The molecular weight excluding hydrogens is 352 g/mol. The van der Waals surface area contributed by atoms with Crippen molar-refractivity contribution in [1.82, 2.24) is 10.2 Å².